The highest BCUT2D eigenvalue weighted by atomic mass is 32.1. The zero-order chi connectivity index (χ0) is 13.0. The van der Waals surface area contributed by atoms with Crippen LogP contribution in [0.5, 0.6) is 0 Å². The normalized spacial score (nSPS) is 9.82. The maximum atomic E-state index is 11.3. The van der Waals surface area contributed by atoms with Crippen molar-refractivity contribution in [1.82, 2.24) is 4.98 Å². The number of hydrogen-bond donors (Lipinski definition) is 1. The second-order valence-corrected chi connectivity index (χ2v) is 4.35. The van der Waals surface area contributed by atoms with Crippen LogP contribution in [0.15, 0.2) is 0 Å². The SMILES string of the molecule is COC(=O)c1sc(NC(=O)CC(C)=O)nc1C. The summed E-state index contributed by atoms with van der Waals surface area (Å²) < 4.78 is 4.56. The number of aromatic nitrogens is 1. The van der Waals surface area contributed by atoms with Crippen molar-refractivity contribution in [2.24, 2.45) is 0 Å². The number of hydrogen-bond acceptors (Lipinski definition) is 6. The lowest BCUT2D eigenvalue weighted by atomic mass is 10.3. The van der Waals surface area contributed by atoms with Gasteiger partial charge < -0.3 is 10.1 Å². The van der Waals surface area contributed by atoms with E-state index in [2.05, 4.69) is 15.0 Å². The Morgan fingerprint density at radius 3 is 2.59 bits per heavy atom. The van der Waals surface area contributed by atoms with Crippen molar-refractivity contribution in [3.8, 4) is 0 Å². The van der Waals surface area contributed by atoms with Crippen LogP contribution < -0.4 is 5.32 Å². The van der Waals surface area contributed by atoms with Crippen LogP contribution in [0, 0.1) is 6.92 Å². The van der Waals surface area contributed by atoms with Crippen molar-refractivity contribution >= 4 is 34.1 Å². The van der Waals surface area contributed by atoms with Gasteiger partial charge in [0.05, 0.1) is 19.2 Å². The summed E-state index contributed by atoms with van der Waals surface area (Å²) in [6.45, 7) is 2.97. The molecule has 92 valence electrons. The predicted molar refractivity (Wildman–Crippen MR) is 62.1 cm³/mol. The molecule has 7 heteroatoms. The minimum Gasteiger partial charge on any atom is -0.465 e. The zero-order valence-electron chi connectivity index (χ0n) is 9.70. The number of thiazole rings is 1. The summed E-state index contributed by atoms with van der Waals surface area (Å²) in [5, 5.41) is 2.74. The van der Waals surface area contributed by atoms with Crippen LogP contribution in [0.25, 0.3) is 0 Å². The molecule has 0 unspecified atom stereocenters. The van der Waals surface area contributed by atoms with Gasteiger partial charge in [0.2, 0.25) is 5.91 Å². The predicted octanol–water partition coefficient (Wildman–Crippen LogP) is 1.16. The van der Waals surface area contributed by atoms with E-state index >= 15 is 0 Å². The Bertz CT molecular complexity index is 467. The van der Waals surface area contributed by atoms with Crippen molar-refractivity contribution in [2.45, 2.75) is 20.3 Å². The van der Waals surface area contributed by atoms with Crippen molar-refractivity contribution in [3.63, 3.8) is 0 Å². The van der Waals surface area contributed by atoms with Crippen LogP contribution in [-0.2, 0) is 14.3 Å². The number of amides is 1. The Hall–Kier alpha value is -1.76. The fourth-order valence-corrected chi connectivity index (χ4v) is 2.02. The van der Waals surface area contributed by atoms with E-state index in [1.807, 2.05) is 0 Å². The van der Waals surface area contributed by atoms with Gasteiger partial charge in [-0.05, 0) is 13.8 Å². The van der Waals surface area contributed by atoms with E-state index in [0.29, 0.717) is 10.6 Å². The molecule has 0 bridgehead atoms. The number of ether oxygens (including phenoxy) is 1. The van der Waals surface area contributed by atoms with Gasteiger partial charge in [0, 0.05) is 0 Å². The molecule has 1 aromatic rings. The Balaban J connectivity index is 2.77. The summed E-state index contributed by atoms with van der Waals surface area (Å²) in [5.74, 6) is -1.17. The van der Waals surface area contributed by atoms with Crippen LogP contribution in [0.4, 0.5) is 5.13 Å². The third-order valence-electron chi connectivity index (χ3n) is 1.82. The van der Waals surface area contributed by atoms with Gasteiger partial charge in [-0.2, -0.15) is 0 Å². The Kier molecular flexibility index (Phi) is 4.33. The Morgan fingerprint density at radius 1 is 1.41 bits per heavy atom. The maximum Gasteiger partial charge on any atom is 0.350 e. The molecule has 1 amide bonds. The van der Waals surface area contributed by atoms with E-state index in [1.165, 1.54) is 14.0 Å². The molecule has 0 atom stereocenters. The molecule has 0 radical (unpaired) electrons. The summed E-state index contributed by atoms with van der Waals surface area (Å²) in [5.41, 5.74) is 0.486. The summed E-state index contributed by atoms with van der Waals surface area (Å²) in [6.07, 6.45) is -0.202. The van der Waals surface area contributed by atoms with Crippen molar-refractivity contribution in [3.05, 3.63) is 10.6 Å². The number of aryl methyl sites for hydroxylation is 1. The van der Waals surface area contributed by atoms with Gasteiger partial charge in [0.25, 0.3) is 0 Å². The van der Waals surface area contributed by atoms with Crippen LogP contribution in [-0.4, -0.2) is 29.8 Å². The first kappa shape index (κ1) is 13.3. The summed E-state index contributed by atoms with van der Waals surface area (Å²) in [4.78, 5) is 37.7. The van der Waals surface area contributed by atoms with Gasteiger partial charge in [-0.3, -0.25) is 9.59 Å². The second kappa shape index (κ2) is 5.53. The van der Waals surface area contributed by atoms with E-state index in [0.717, 1.165) is 11.3 Å². The largest absolute Gasteiger partial charge is 0.465 e. The van der Waals surface area contributed by atoms with Crippen molar-refractivity contribution in [1.29, 1.82) is 0 Å². The van der Waals surface area contributed by atoms with Crippen molar-refractivity contribution in [2.75, 3.05) is 12.4 Å². The third kappa shape index (κ3) is 3.63. The number of anilines is 1. The number of nitrogens with one attached hydrogen (secondary N) is 1. The Morgan fingerprint density at radius 2 is 2.06 bits per heavy atom. The first-order chi connectivity index (χ1) is 7.93. The number of esters is 1. The lowest BCUT2D eigenvalue weighted by molar-refractivity contribution is -0.124. The monoisotopic (exact) mass is 256 g/mol. The fourth-order valence-electron chi connectivity index (χ4n) is 1.12. The lowest BCUT2D eigenvalue weighted by Crippen LogP contribution is -2.14. The first-order valence-electron chi connectivity index (χ1n) is 4.79. The van der Waals surface area contributed by atoms with E-state index < -0.39 is 11.9 Å². The van der Waals surface area contributed by atoms with Gasteiger partial charge >= 0.3 is 5.97 Å². The molecule has 0 aliphatic heterocycles. The topological polar surface area (TPSA) is 85.4 Å². The number of Topliss-reactive ketones (excluding diaryl/α,β-unsaturated/α-hetero) is 1. The van der Waals surface area contributed by atoms with Gasteiger partial charge in [0.1, 0.15) is 10.7 Å². The number of rotatable bonds is 4. The van der Waals surface area contributed by atoms with Gasteiger partial charge in [0.15, 0.2) is 5.13 Å². The minimum absolute atomic E-state index is 0.202. The van der Waals surface area contributed by atoms with E-state index in [4.69, 9.17) is 0 Å². The summed E-state index contributed by atoms with van der Waals surface area (Å²) >= 11 is 1.02. The zero-order valence-corrected chi connectivity index (χ0v) is 10.5. The minimum atomic E-state index is -0.493. The first-order valence-corrected chi connectivity index (χ1v) is 5.60. The molecule has 0 aliphatic rings. The van der Waals surface area contributed by atoms with E-state index in [-0.39, 0.29) is 17.3 Å². The smallest absolute Gasteiger partial charge is 0.350 e. The van der Waals surface area contributed by atoms with E-state index in [1.54, 1.807) is 6.92 Å². The second-order valence-electron chi connectivity index (χ2n) is 3.35. The lowest BCUT2D eigenvalue weighted by Gasteiger charge is -1.97. The molecule has 0 saturated carbocycles. The molecule has 1 aromatic heterocycles. The highest BCUT2D eigenvalue weighted by Crippen LogP contribution is 2.23. The van der Waals surface area contributed by atoms with Crippen LogP contribution in [0.1, 0.15) is 28.7 Å². The molecule has 1 N–H and O–H groups in total. The van der Waals surface area contributed by atoms with E-state index in [9.17, 15) is 14.4 Å². The molecule has 1 heterocycles. The number of carbonyl (C=O) groups excluding carboxylic acids is 3. The maximum absolute atomic E-state index is 11.3. The molecule has 0 aromatic carbocycles. The summed E-state index contributed by atoms with van der Waals surface area (Å²) in [6, 6.07) is 0. The average molecular weight is 256 g/mol. The number of ketones is 1. The quantitative estimate of drug-likeness (QED) is 0.645. The highest BCUT2D eigenvalue weighted by Gasteiger charge is 2.17. The van der Waals surface area contributed by atoms with Crippen LogP contribution >= 0.6 is 11.3 Å². The number of carbonyl (C=O) groups is 3. The average Bonchev–Trinajstić information content (AvgIpc) is 2.56. The van der Waals surface area contributed by atoms with Crippen molar-refractivity contribution < 1.29 is 19.1 Å². The molecule has 1 rings (SSSR count). The molecule has 0 spiro atoms. The number of methoxy groups -OCH3 is 1. The summed E-state index contributed by atoms with van der Waals surface area (Å²) in [7, 11) is 1.27. The molecular weight excluding hydrogens is 244 g/mol. The highest BCUT2D eigenvalue weighted by molar-refractivity contribution is 7.17. The van der Waals surface area contributed by atoms with Crippen LogP contribution in [0.2, 0.25) is 0 Å². The molecule has 6 nitrogen and oxygen atoms in total. The standard InChI is InChI=1S/C10H12N2O4S/c1-5(13)4-7(14)12-10-11-6(2)8(17-10)9(15)16-3/h4H2,1-3H3,(H,11,12,14). The van der Waals surface area contributed by atoms with Gasteiger partial charge in [-0.1, -0.05) is 11.3 Å². The van der Waals surface area contributed by atoms with Gasteiger partial charge in [-0.25, -0.2) is 9.78 Å². The molecule has 0 aliphatic carbocycles. The molecule has 0 fully saturated rings. The fraction of sp³-hybridized carbons (Fsp3) is 0.400. The molecule has 17 heavy (non-hydrogen) atoms. The third-order valence-corrected chi connectivity index (χ3v) is 2.88. The molecular formula is C10H12N2O4S. The molecule has 0 saturated heterocycles. The number of nitrogens with zero attached hydrogens (tertiary/aromatic N) is 1. The van der Waals surface area contributed by atoms with Crippen LogP contribution in [0.3, 0.4) is 0 Å². The Labute approximate surface area is 102 Å². The van der Waals surface area contributed by atoms with Gasteiger partial charge in [-0.15, -0.1) is 0 Å².